The van der Waals surface area contributed by atoms with Crippen LogP contribution in [0.2, 0.25) is 0 Å². The molecule has 3 heterocycles. The summed E-state index contributed by atoms with van der Waals surface area (Å²) in [5.41, 5.74) is 2.47. The number of ether oxygens (including phenoxy) is 2. The molecule has 0 saturated heterocycles. The Morgan fingerprint density at radius 1 is 1.04 bits per heavy atom. The van der Waals surface area contributed by atoms with Crippen LogP contribution in [0.4, 0.5) is 0 Å². The highest BCUT2D eigenvalue weighted by Gasteiger charge is 2.29. The first-order valence-corrected chi connectivity index (χ1v) is 8.30. The monoisotopic (exact) mass is 333 g/mol. The molecule has 24 heavy (non-hydrogen) atoms. The Balaban J connectivity index is 1.72. The zero-order valence-electron chi connectivity index (χ0n) is 12.5. The number of benzene rings is 2. The zero-order valence-corrected chi connectivity index (χ0v) is 13.3. The van der Waals surface area contributed by atoms with Crippen molar-refractivity contribution in [2.24, 2.45) is 0 Å². The highest BCUT2D eigenvalue weighted by Crippen LogP contribution is 2.45. The van der Waals surface area contributed by atoms with Crippen LogP contribution in [0.25, 0.3) is 21.8 Å². The summed E-state index contributed by atoms with van der Waals surface area (Å²) in [7, 11) is 0. The minimum atomic E-state index is -0.0864. The van der Waals surface area contributed by atoms with Gasteiger partial charge in [0.2, 0.25) is 5.78 Å². The van der Waals surface area contributed by atoms with Crippen molar-refractivity contribution < 1.29 is 14.3 Å². The number of H-pyrrole nitrogens is 1. The van der Waals surface area contributed by atoms with Gasteiger partial charge in [0.05, 0.1) is 5.52 Å². The molecule has 0 radical (unpaired) electrons. The van der Waals surface area contributed by atoms with E-state index in [1.54, 1.807) is 5.38 Å². The van der Waals surface area contributed by atoms with Gasteiger partial charge in [-0.3, -0.25) is 4.79 Å². The molecule has 4 aromatic rings. The van der Waals surface area contributed by atoms with Gasteiger partial charge in [-0.2, -0.15) is 0 Å². The maximum Gasteiger partial charge on any atom is 0.283 e. The molecule has 4 nitrogen and oxygen atoms in total. The Morgan fingerprint density at radius 2 is 1.88 bits per heavy atom. The Kier molecular flexibility index (Phi) is 2.64. The van der Waals surface area contributed by atoms with Gasteiger partial charge in [-0.15, -0.1) is 11.3 Å². The van der Waals surface area contributed by atoms with Gasteiger partial charge in [0.1, 0.15) is 4.88 Å². The number of ketones is 1. The van der Waals surface area contributed by atoms with E-state index >= 15 is 0 Å². The summed E-state index contributed by atoms with van der Waals surface area (Å²) >= 11 is 1.32. The number of aromatic nitrogens is 1. The molecule has 2 aromatic carbocycles. The molecule has 0 bridgehead atoms. The smallest absolute Gasteiger partial charge is 0.283 e. The Labute approximate surface area is 140 Å². The van der Waals surface area contributed by atoms with Crippen molar-refractivity contribution >= 4 is 38.9 Å². The number of para-hydroxylation sites is 2. The molecule has 0 spiro atoms. The summed E-state index contributed by atoms with van der Waals surface area (Å²) in [6.45, 7) is 3.64. The molecule has 0 amide bonds. The number of thiophene rings is 1. The van der Waals surface area contributed by atoms with Crippen molar-refractivity contribution in [3.05, 3.63) is 70.8 Å². The largest absolute Gasteiger partial charge is 0.421 e. The molecule has 1 aliphatic heterocycles. The van der Waals surface area contributed by atoms with E-state index in [4.69, 9.17) is 9.47 Å². The van der Waals surface area contributed by atoms with Crippen molar-refractivity contribution in [1.29, 1.82) is 0 Å². The molecule has 5 rings (SSSR count). The second-order valence-electron chi connectivity index (χ2n) is 5.56. The van der Waals surface area contributed by atoms with Crippen LogP contribution in [0.1, 0.15) is 15.2 Å². The Morgan fingerprint density at radius 3 is 2.79 bits per heavy atom. The van der Waals surface area contributed by atoms with Gasteiger partial charge >= 0.3 is 0 Å². The van der Waals surface area contributed by atoms with Crippen molar-refractivity contribution in [2.75, 3.05) is 0 Å². The van der Waals surface area contributed by atoms with E-state index in [1.165, 1.54) is 11.3 Å². The lowest BCUT2D eigenvalue weighted by atomic mass is 10.0. The number of nitrogens with one attached hydrogen (secondary N) is 1. The van der Waals surface area contributed by atoms with Crippen LogP contribution in [-0.4, -0.2) is 10.8 Å². The minimum absolute atomic E-state index is 0.0864. The summed E-state index contributed by atoms with van der Waals surface area (Å²) in [6.07, 6.45) is 0. The van der Waals surface area contributed by atoms with E-state index in [2.05, 4.69) is 11.6 Å². The van der Waals surface area contributed by atoms with Crippen LogP contribution in [-0.2, 0) is 0 Å². The number of fused-ring (bicyclic) bond motifs is 4. The SMILES string of the molecule is C=C1Oc2csc(C(=O)c3cccc4c3[nH]c3ccccc34)c2O1. The third-order valence-corrected chi connectivity index (χ3v) is 5.08. The van der Waals surface area contributed by atoms with Crippen LogP contribution >= 0.6 is 11.3 Å². The molecule has 1 N–H and O–H groups in total. The standard InChI is InChI=1S/C19H11NO3S/c1-10-22-15-9-24-19(18(15)23-10)17(21)13-7-4-6-12-11-5-2-3-8-14(11)20-16(12)13/h2-9,20H,1H2. The number of hydrogen-bond acceptors (Lipinski definition) is 4. The fourth-order valence-electron chi connectivity index (χ4n) is 3.10. The highest BCUT2D eigenvalue weighted by atomic mass is 32.1. The maximum absolute atomic E-state index is 13.1. The predicted octanol–water partition coefficient (Wildman–Crippen LogP) is 4.86. The summed E-state index contributed by atoms with van der Waals surface area (Å²) in [4.78, 5) is 17.0. The van der Waals surface area contributed by atoms with Gasteiger partial charge in [0, 0.05) is 27.2 Å². The van der Waals surface area contributed by atoms with Gasteiger partial charge in [-0.05, 0) is 18.7 Å². The molecule has 0 unspecified atom stereocenters. The summed E-state index contributed by atoms with van der Waals surface area (Å²) in [5.74, 6) is 1.13. The number of hydrogen-bond donors (Lipinski definition) is 1. The fraction of sp³-hybridized carbons (Fsp3) is 0. The average molecular weight is 333 g/mol. The number of aromatic amines is 1. The lowest BCUT2D eigenvalue weighted by Crippen LogP contribution is -2.01. The topological polar surface area (TPSA) is 51.3 Å². The first-order valence-electron chi connectivity index (χ1n) is 7.42. The van der Waals surface area contributed by atoms with Gasteiger partial charge in [0.15, 0.2) is 11.5 Å². The van der Waals surface area contributed by atoms with Crippen LogP contribution in [0.15, 0.2) is 60.4 Å². The van der Waals surface area contributed by atoms with Gasteiger partial charge < -0.3 is 14.5 Å². The number of rotatable bonds is 2. The predicted molar refractivity (Wildman–Crippen MR) is 94.0 cm³/mol. The normalized spacial score (nSPS) is 13.1. The summed E-state index contributed by atoms with van der Waals surface area (Å²) in [5, 5.41) is 3.91. The number of carbonyl (C=O) groups excluding carboxylic acids is 1. The Bertz CT molecular complexity index is 1150. The molecule has 0 saturated carbocycles. The Hall–Kier alpha value is -3.05. The molecule has 0 fully saturated rings. The zero-order chi connectivity index (χ0) is 16.3. The summed E-state index contributed by atoms with van der Waals surface area (Å²) < 4.78 is 10.8. The molecule has 116 valence electrons. The molecule has 0 aliphatic carbocycles. The first kappa shape index (κ1) is 13.4. The van der Waals surface area contributed by atoms with Gasteiger partial charge in [0.25, 0.3) is 5.95 Å². The van der Waals surface area contributed by atoms with Crippen molar-refractivity contribution in [1.82, 2.24) is 4.98 Å². The van der Waals surface area contributed by atoms with Crippen molar-refractivity contribution in [3.8, 4) is 11.5 Å². The summed E-state index contributed by atoms with van der Waals surface area (Å²) in [6, 6.07) is 13.8. The van der Waals surface area contributed by atoms with E-state index in [-0.39, 0.29) is 11.7 Å². The first-order chi connectivity index (χ1) is 11.7. The van der Waals surface area contributed by atoms with Crippen LogP contribution in [0.3, 0.4) is 0 Å². The fourth-order valence-corrected chi connectivity index (χ4v) is 3.94. The molecule has 1 aliphatic rings. The van der Waals surface area contributed by atoms with Crippen LogP contribution < -0.4 is 9.47 Å². The van der Waals surface area contributed by atoms with Gasteiger partial charge in [-0.25, -0.2) is 0 Å². The van der Waals surface area contributed by atoms with Gasteiger partial charge in [-0.1, -0.05) is 30.3 Å². The second-order valence-corrected chi connectivity index (χ2v) is 6.44. The average Bonchev–Trinajstić information content (AvgIpc) is 3.25. The number of carbonyl (C=O) groups is 1. The molecule has 5 heteroatoms. The van der Waals surface area contributed by atoms with E-state index in [0.29, 0.717) is 21.9 Å². The van der Waals surface area contributed by atoms with Crippen molar-refractivity contribution in [3.63, 3.8) is 0 Å². The van der Waals surface area contributed by atoms with Crippen molar-refractivity contribution in [2.45, 2.75) is 0 Å². The van der Waals surface area contributed by atoms with E-state index < -0.39 is 0 Å². The van der Waals surface area contributed by atoms with E-state index in [9.17, 15) is 4.79 Å². The minimum Gasteiger partial charge on any atom is -0.421 e. The lowest BCUT2D eigenvalue weighted by molar-refractivity contribution is 0.104. The lowest BCUT2D eigenvalue weighted by Gasteiger charge is -2.02. The van der Waals surface area contributed by atoms with Crippen LogP contribution in [0.5, 0.6) is 11.5 Å². The molecule has 0 atom stereocenters. The second kappa shape index (κ2) is 4.72. The molecule has 2 aromatic heterocycles. The van der Waals surface area contributed by atoms with Crippen LogP contribution in [0, 0.1) is 0 Å². The maximum atomic E-state index is 13.1. The molecular weight excluding hydrogens is 322 g/mol. The third-order valence-electron chi connectivity index (χ3n) is 4.15. The highest BCUT2D eigenvalue weighted by molar-refractivity contribution is 7.13. The quantitative estimate of drug-likeness (QED) is 0.533. The molecular formula is C19H11NO3S. The van der Waals surface area contributed by atoms with E-state index in [0.717, 1.165) is 21.8 Å². The third kappa shape index (κ3) is 1.76. The van der Waals surface area contributed by atoms with E-state index in [1.807, 2.05) is 42.5 Å².